The highest BCUT2D eigenvalue weighted by Gasteiger charge is 2.19. The van der Waals surface area contributed by atoms with Gasteiger partial charge in [0, 0.05) is 10.6 Å². The van der Waals surface area contributed by atoms with Crippen molar-refractivity contribution in [3.8, 4) is 5.75 Å². The summed E-state index contributed by atoms with van der Waals surface area (Å²) in [6, 6.07) is 7.92. The van der Waals surface area contributed by atoms with Crippen molar-refractivity contribution in [3.63, 3.8) is 0 Å². The van der Waals surface area contributed by atoms with Gasteiger partial charge in [0.25, 0.3) is 0 Å². The first kappa shape index (κ1) is 14.9. The highest BCUT2D eigenvalue weighted by atomic mass is 79.9. The van der Waals surface area contributed by atoms with E-state index < -0.39 is 0 Å². The molecule has 1 aromatic carbocycles. The SMILES string of the molecule is CCNC(c1csc(Br)c1)c1cc(Cl)ccc1OC. The standard InChI is InChI=1S/C14H15BrClNOS/c1-3-17-14(9-6-13(15)19-8-9)11-7-10(16)4-5-12(11)18-2/h4-8,14,17H,3H2,1-2H3. The van der Waals surface area contributed by atoms with Gasteiger partial charge in [0.15, 0.2) is 0 Å². The normalized spacial score (nSPS) is 12.4. The molecule has 2 rings (SSSR count). The summed E-state index contributed by atoms with van der Waals surface area (Å²) < 4.78 is 6.57. The van der Waals surface area contributed by atoms with Crippen LogP contribution in [0, 0.1) is 0 Å². The number of rotatable bonds is 5. The highest BCUT2D eigenvalue weighted by Crippen LogP contribution is 2.35. The van der Waals surface area contributed by atoms with Crippen molar-refractivity contribution in [1.29, 1.82) is 0 Å². The zero-order chi connectivity index (χ0) is 13.8. The van der Waals surface area contributed by atoms with Gasteiger partial charge in [-0.3, -0.25) is 0 Å². The Labute approximate surface area is 130 Å². The monoisotopic (exact) mass is 359 g/mol. The first-order valence-corrected chi connectivity index (χ1v) is 8.01. The third-order valence-electron chi connectivity index (χ3n) is 2.83. The molecule has 1 heterocycles. The molecule has 0 radical (unpaired) electrons. The molecule has 0 bridgehead atoms. The Hall–Kier alpha value is -0.550. The van der Waals surface area contributed by atoms with Crippen LogP contribution in [0.4, 0.5) is 0 Å². The minimum Gasteiger partial charge on any atom is -0.496 e. The number of ether oxygens (including phenoxy) is 1. The lowest BCUT2D eigenvalue weighted by Gasteiger charge is -2.20. The molecule has 0 aliphatic carbocycles. The Kier molecular flexibility index (Phi) is 5.28. The van der Waals surface area contributed by atoms with E-state index in [4.69, 9.17) is 16.3 Å². The summed E-state index contributed by atoms with van der Waals surface area (Å²) in [5.41, 5.74) is 2.27. The van der Waals surface area contributed by atoms with Crippen LogP contribution in [0.15, 0.2) is 33.4 Å². The Morgan fingerprint density at radius 2 is 2.21 bits per heavy atom. The fraction of sp³-hybridized carbons (Fsp3) is 0.286. The van der Waals surface area contributed by atoms with Gasteiger partial charge in [0.2, 0.25) is 0 Å². The fourth-order valence-electron chi connectivity index (χ4n) is 2.02. The van der Waals surface area contributed by atoms with Crippen LogP contribution in [0.2, 0.25) is 5.02 Å². The van der Waals surface area contributed by atoms with E-state index >= 15 is 0 Å². The van der Waals surface area contributed by atoms with Crippen LogP contribution in [0.5, 0.6) is 5.75 Å². The molecule has 1 unspecified atom stereocenters. The van der Waals surface area contributed by atoms with Gasteiger partial charge >= 0.3 is 0 Å². The molecule has 0 fully saturated rings. The van der Waals surface area contributed by atoms with Gasteiger partial charge in [-0.15, -0.1) is 11.3 Å². The van der Waals surface area contributed by atoms with Gasteiger partial charge in [0.05, 0.1) is 16.9 Å². The molecular weight excluding hydrogens is 346 g/mol. The van der Waals surface area contributed by atoms with Crippen molar-refractivity contribution in [1.82, 2.24) is 5.32 Å². The molecule has 0 aliphatic heterocycles. The van der Waals surface area contributed by atoms with Crippen LogP contribution in [-0.2, 0) is 0 Å². The zero-order valence-electron chi connectivity index (χ0n) is 10.7. The second-order valence-electron chi connectivity index (χ2n) is 4.06. The summed E-state index contributed by atoms with van der Waals surface area (Å²) in [5.74, 6) is 0.845. The molecule has 0 saturated heterocycles. The maximum absolute atomic E-state index is 6.12. The number of benzene rings is 1. The Balaban J connectivity index is 2.46. The molecule has 19 heavy (non-hydrogen) atoms. The van der Waals surface area contributed by atoms with Crippen LogP contribution in [0.3, 0.4) is 0 Å². The molecule has 5 heteroatoms. The summed E-state index contributed by atoms with van der Waals surface area (Å²) in [6.07, 6.45) is 0. The molecule has 1 aromatic heterocycles. The van der Waals surface area contributed by atoms with Gasteiger partial charge in [0.1, 0.15) is 5.75 Å². The number of hydrogen-bond acceptors (Lipinski definition) is 3. The van der Waals surface area contributed by atoms with Crippen molar-refractivity contribution >= 4 is 38.9 Å². The number of hydrogen-bond donors (Lipinski definition) is 1. The van der Waals surface area contributed by atoms with E-state index in [0.29, 0.717) is 5.02 Å². The first-order valence-electron chi connectivity index (χ1n) is 5.96. The van der Waals surface area contributed by atoms with Gasteiger partial charge in [-0.25, -0.2) is 0 Å². The smallest absolute Gasteiger partial charge is 0.124 e. The Bertz CT molecular complexity index is 558. The number of methoxy groups -OCH3 is 1. The molecule has 0 spiro atoms. The van der Waals surface area contributed by atoms with Crippen molar-refractivity contribution in [2.24, 2.45) is 0 Å². The molecule has 102 valence electrons. The van der Waals surface area contributed by atoms with Gasteiger partial charge in [-0.05, 0) is 57.7 Å². The summed E-state index contributed by atoms with van der Waals surface area (Å²) in [4.78, 5) is 0. The topological polar surface area (TPSA) is 21.3 Å². The van der Waals surface area contributed by atoms with E-state index in [0.717, 1.165) is 21.6 Å². The third kappa shape index (κ3) is 3.51. The average molecular weight is 361 g/mol. The fourth-order valence-corrected chi connectivity index (χ4v) is 3.40. The molecule has 1 N–H and O–H groups in total. The third-order valence-corrected chi connectivity index (χ3v) is 4.59. The lowest BCUT2D eigenvalue weighted by atomic mass is 10.00. The van der Waals surface area contributed by atoms with Gasteiger partial charge in [-0.2, -0.15) is 0 Å². The number of nitrogens with one attached hydrogen (secondary N) is 1. The maximum Gasteiger partial charge on any atom is 0.124 e. The highest BCUT2D eigenvalue weighted by molar-refractivity contribution is 9.11. The summed E-state index contributed by atoms with van der Waals surface area (Å²) in [7, 11) is 1.68. The van der Waals surface area contributed by atoms with Gasteiger partial charge < -0.3 is 10.1 Å². The lowest BCUT2D eigenvalue weighted by molar-refractivity contribution is 0.404. The van der Waals surface area contributed by atoms with E-state index in [9.17, 15) is 0 Å². The largest absolute Gasteiger partial charge is 0.496 e. The summed E-state index contributed by atoms with van der Waals surface area (Å²) in [5, 5.41) is 6.33. The van der Waals surface area contributed by atoms with Crippen LogP contribution in [0.1, 0.15) is 24.1 Å². The Morgan fingerprint density at radius 3 is 2.79 bits per heavy atom. The zero-order valence-corrected chi connectivity index (χ0v) is 13.9. The molecule has 0 aliphatic rings. The van der Waals surface area contributed by atoms with Crippen molar-refractivity contribution < 1.29 is 4.74 Å². The summed E-state index contributed by atoms with van der Waals surface area (Å²) in [6.45, 7) is 2.96. The van der Waals surface area contributed by atoms with E-state index in [1.807, 2.05) is 18.2 Å². The molecule has 1 atom stereocenters. The van der Waals surface area contributed by atoms with Gasteiger partial charge in [-0.1, -0.05) is 18.5 Å². The number of thiophene rings is 1. The van der Waals surface area contributed by atoms with E-state index in [-0.39, 0.29) is 6.04 Å². The van der Waals surface area contributed by atoms with Crippen LogP contribution < -0.4 is 10.1 Å². The number of halogens is 2. The molecular formula is C14H15BrClNOS. The van der Waals surface area contributed by atoms with Crippen LogP contribution >= 0.6 is 38.9 Å². The quantitative estimate of drug-likeness (QED) is 0.821. The first-order chi connectivity index (χ1) is 9.15. The predicted octanol–water partition coefficient (Wildman–Crippen LogP) is 4.87. The second-order valence-corrected chi connectivity index (χ2v) is 6.79. The van der Waals surface area contributed by atoms with Crippen LogP contribution in [0.25, 0.3) is 0 Å². The van der Waals surface area contributed by atoms with E-state index in [1.54, 1.807) is 18.4 Å². The molecule has 2 nitrogen and oxygen atoms in total. The van der Waals surface area contributed by atoms with Crippen molar-refractivity contribution in [3.05, 3.63) is 49.6 Å². The average Bonchev–Trinajstić information content (AvgIpc) is 2.82. The molecule has 2 aromatic rings. The predicted molar refractivity (Wildman–Crippen MR) is 85.5 cm³/mol. The lowest BCUT2D eigenvalue weighted by Crippen LogP contribution is -2.22. The molecule has 0 saturated carbocycles. The minimum atomic E-state index is 0.0844. The van der Waals surface area contributed by atoms with E-state index in [1.165, 1.54) is 5.56 Å². The van der Waals surface area contributed by atoms with Crippen molar-refractivity contribution in [2.75, 3.05) is 13.7 Å². The minimum absolute atomic E-state index is 0.0844. The van der Waals surface area contributed by atoms with Crippen molar-refractivity contribution in [2.45, 2.75) is 13.0 Å². The van der Waals surface area contributed by atoms with E-state index in [2.05, 4.69) is 39.6 Å². The molecule has 0 amide bonds. The maximum atomic E-state index is 6.12. The second kappa shape index (κ2) is 6.75. The van der Waals surface area contributed by atoms with Crippen LogP contribution in [-0.4, -0.2) is 13.7 Å². The summed E-state index contributed by atoms with van der Waals surface area (Å²) >= 11 is 11.3. The Morgan fingerprint density at radius 1 is 1.42 bits per heavy atom.